The van der Waals surface area contributed by atoms with Crippen molar-refractivity contribution in [3.8, 4) is 5.75 Å². The molecular formula is C17H27NO2. The summed E-state index contributed by atoms with van der Waals surface area (Å²) >= 11 is 0. The van der Waals surface area contributed by atoms with Gasteiger partial charge in [-0.25, -0.2) is 0 Å². The summed E-state index contributed by atoms with van der Waals surface area (Å²) in [5, 5.41) is 3.60. The summed E-state index contributed by atoms with van der Waals surface area (Å²) in [5.41, 5.74) is 2.76. The molecule has 0 aromatic heterocycles. The first kappa shape index (κ1) is 15.3. The molecule has 0 spiro atoms. The van der Waals surface area contributed by atoms with E-state index >= 15 is 0 Å². The molecule has 3 heteroatoms. The van der Waals surface area contributed by atoms with Gasteiger partial charge in [0.25, 0.3) is 0 Å². The van der Waals surface area contributed by atoms with Gasteiger partial charge >= 0.3 is 0 Å². The Balaban J connectivity index is 2.25. The van der Waals surface area contributed by atoms with Crippen LogP contribution >= 0.6 is 0 Å². The van der Waals surface area contributed by atoms with Gasteiger partial charge in [0.15, 0.2) is 0 Å². The van der Waals surface area contributed by atoms with Crippen LogP contribution in [0, 0.1) is 6.92 Å². The van der Waals surface area contributed by atoms with Crippen LogP contribution in [-0.2, 0) is 10.2 Å². The molecule has 0 atom stereocenters. The van der Waals surface area contributed by atoms with Gasteiger partial charge in [0.2, 0.25) is 0 Å². The zero-order chi connectivity index (χ0) is 14.4. The molecule has 1 heterocycles. The van der Waals surface area contributed by atoms with Crippen LogP contribution < -0.4 is 10.1 Å². The number of methoxy groups -OCH3 is 1. The third-order valence-electron chi connectivity index (χ3n) is 4.36. The number of rotatable bonds is 6. The summed E-state index contributed by atoms with van der Waals surface area (Å²) in [6, 6.07) is 6.65. The predicted octanol–water partition coefficient (Wildman–Crippen LogP) is 3.05. The van der Waals surface area contributed by atoms with E-state index in [-0.39, 0.29) is 5.41 Å². The Labute approximate surface area is 122 Å². The lowest BCUT2D eigenvalue weighted by Crippen LogP contribution is -2.43. The zero-order valence-electron chi connectivity index (χ0n) is 13.0. The molecule has 0 unspecified atom stereocenters. The third-order valence-corrected chi connectivity index (χ3v) is 4.36. The Morgan fingerprint density at radius 2 is 2.05 bits per heavy atom. The lowest BCUT2D eigenvalue weighted by atomic mass is 9.74. The minimum absolute atomic E-state index is 0.189. The third kappa shape index (κ3) is 3.33. The standard InChI is InChI=1S/C17H27NO2/c1-4-9-18-13-17(7-10-20-11-8-17)15-6-5-14(2)16(12-15)19-3/h5-6,12,18H,4,7-11,13H2,1-3H3. The topological polar surface area (TPSA) is 30.5 Å². The van der Waals surface area contributed by atoms with Crippen LogP contribution in [-0.4, -0.2) is 33.4 Å². The summed E-state index contributed by atoms with van der Waals surface area (Å²) in [4.78, 5) is 0. The van der Waals surface area contributed by atoms with Crippen molar-refractivity contribution in [3.05, 3.63) is 29.3 Å². The first-order valence-corrected chi connectivity index (χ1v) is 7.65. The average molecular weight is 277 g/mol. The molecule has 0 radical (unpaired) electrons. The fourth-order valence-corrected chi connectivity index (χ4v) is 2.98. The fourth-order valence-electron chi connectivity index (χ4n) is 2.98. The number of aryl methyl sites for hydroxylation is 1. The van der Waals surface area contributed by atoms with Crippen molar-refractivity contribution in [1.29, 1.82) is 0 Å². The van der Waals surface area contributed by atoms with Crippen molar-refractivity contribution >= 4 is 0 Å². The van der Waals surface area contributed by atoms with E-state index in [1.165, 1.54) is 17.5 Å². The monoisotopic (exact) mass is 277 g/mol. The molecule has 0 saturated carbocycles. The van der Waals surface area contributed by atoms with Gasteiger partial charge in [-0.05, 0) is 49.9 Å². The maximum atomic E-state index is 5.57. The minimum Gasteiger partial charge on any atom is -0.496 e. The smallest absolute Gasteiger partial charge is 0.122 e. The van der Waals surface area contributed by atoms with E-state index in [2.05, 4.69) is 37.4 Å². The highest BCUT2D eigenvalue weighted by molar-refractivity contribution is 5.40. The van der Waals surface area contributed by atoms with Crippen molar-refractivity contribution in [2.45, 2.75) is 38.5 Å². The summed E-state index contributed by atoms with van der Waals surface area (Å²) in [7, 11) is 1.75. The lowest BCUT2D eigenvalue weighted by Gasteiger charge is -2.38. The Bertz CT molecular complexity index is 425. The van der Waals surface area contributed by atoms with Gasteiger partial charge in [0, 0.05) is 25.2 Å². The molecule has 1 aromatic carbocycles. The van der Waals surface area contributed by atoms with Crippen molar-refractivity contribution in [3.63, 3.8) is 0 Å². The first-order valence-electron chi connectivity index (χ1n) is 7.65. The van der Waals surface area contributed by atoms with Crippen molar-refractivity contribution in [2.75, 3.05) is 33.4 Å². The van der Waals surface area contributed by atoms with E-state index in [1.807, 2.05) is 0 Å². The molecule has 112 valence electrons. The molecule has 1 aliphatic rings. The van der Waals surface area contributed by atoms with Crippen LogP contribution in [0.4, 0.5) is 0 Å². The van der Waals surface area contributed by atoms with Crippen LogP contribution in [0.2, 0.25) is 0 Å². The second kappa shape index (κ2) is 7.09. The number of benzene rings is 1. The molecule has 0 bridgehead atoms. The maximum Gasteiger partial charge on any atom is 0.122 e. The summed E-state index contributed by atoms with van der Waals surface area (Å²) in [6.45, 7) is 8.10. The van der Waals surface area contributed by atoms with Crippen LogP contribution in [0.3, 0.4) is 0 Å². The highest BCUT2D eigenvalue weighted by atomic mass is 16.5. The van der Waals surface area contributed by atoms with Gasteiger partial charge < -0.3 is 14.8 Å². The van der Waals surface area contributed by atoms with Crippen molar-refractivity contribution < 1.29 is 9.47 Å². The van der Waals surface area contributed by atoms with Gasteiger partial charge in [-0.15, -0.1) is 0 Å². The Hall–Kier alpha value is -1.06. The molecular weight excluding hydrogens is 250 g/mol. The molecule has 1 aromatic rings. The predicted molar refractivity (Wildman–Crippen MR) is 82.6 cm³/mol. The minimum atomic E-state index is 0.189. The van der Waals surface area contributed by atoms with Gasteiger partial charge in [-0.1, -0.05) is 19.1 Å². The summed E-state index contributed by atoms with van der Waals surface area (Å²) in [5.74, 6) is 0.990. The van der Waals surface area contributed by atoms with Crippen LogP contribution in [0.25, 0.3) is 0 Å². The Morgan fingerprint density at radius 3 is 2.70 bits per heavy atom. The van der Waals surface area contributed by atoms with E-state index in [9.17, 15) is 0 Å². The highest BCUT2D eigenvalue weighted by Crippen LogP contribution is 2.36. The number of hydrogen-bond donors (Lipinski definition) is 1. The summed E-state index contributed by atoms with van der Waals surface area (Å²) in [6.07, 6.45) is 3.33. The van der Waals surface area contributed by atoms with Gasteiger partial charge in [-0.3, -0.25) is 0 Å². The van der Waals surface area contributed by atoms with Gasteiger partial charge in [0.1, 0.15) is 5.75 Å². The van der Waals surface area contributed by atoms with Gasteiger partial charge in [-0.2, -0.15) is 0 Å². The normalized spacial score (nSPS) is 17.9. The van der Waals surface area contributed by atoms with Gasteiger partial charge in [0.05, 0.1) is 7.11 Å². The second-order valence-corrected chi connectivity index (χ2v) is 5.75. The number of ether oxygens (including phenoxy) is 2. The molecule has 1 aliphatic heterocycles. The lowest BCUT2D eigenvalue weighted by molar-refractivity contribution is 0.0499. The molecule has 20 heavy (non-hydrogen) atoms. The van der Waals surface area contributed by atoms with Crippen LogP contribution in [0.1, 0.15) is 37.3 Å². The summed E-state index contributed by atoms with van der Waals surface area (Å²) < 4.78 is 11.1. The van der Waals surface area contributed by atoms with E-state index in [0.717, 1.165) is 44.9 Å². The first-order chi connectivity index (χ1) is 9.72. The molecule has 0 aliphatic carbocycles. The quantitative estimate of drug-likeness (QED) is 0.811. The molecule has 1 fully saturated rings. The fraction of sp³-hybridized carbons (Fsp3) is 0.647. The molecule has 1 saturated heterocycles. The van der Waals surface area contributed by atoms with Crippen LogP contribution in [0.15, 0.2) is 18.2 Å². The zero-order valence-corrected chi connectivity index (χ0v) is 13.0. The SMILES string of the molecule is CCCNCC1(c2ccc(C)c(OC)c2)CCOCC1. The Kier molecular flexibility index (Phi) is 5.44. The van der Waals surface area contributed by atoms with Crippen molar-refractivity contribution in [1.82, 2.24) is 5.32 Å². The van der Waals surface area contributed by atoms with Crippen LogP contribution in [0.5, 0.6) is 5.75 Å². The number of hydrogen-bond acceptors (Lipinski definition) is 3. The second-order valence-electron chi connectivity index (χ2n) is 5.75. The van der Waals surface area contributed by atoms with E-state index < -0.39 is 0 Å². The van der Waals surface area contributed by atoms with Crippen molar-refractivity contribution in [2.24, 2.45) is 0 Å². The molecule has 1 N–H and O–H groups in total. The Morgan fingerprint density at radius 1 is 1.30 bits per heavy atom. The number of nitrogens with one attached hydrogen (secondary N) is 1. The average Bonchev–Trinajstić information content (AvgIpc) is 2.49. The maximum absolute atomic E-state index is 5.57. The largest absolute Gasteiger partial charge is 0.496 e. The van der Waals surface area contributed by atoms with E-state index in [0.29, 0.717) is 0 Å². The molecule has 3 nitrogen and oxygen atoms in total. The van der Waals surface area contributed by atoms with E-state index in [1.54, 1.807) is 7.11 Å². The van der Waals surface area contributed by atoms with E-state index in [4.69, 9.17) is 9.47 Å². The molecule has 0 amide bonds. The highest BCUT2D eigenvalue weighted by Gasteiger charge is 2.34. The molecule has 2 rings (SSSR count).